The Hall–Kier alpha value is -16.5. The van der Waals surface area contributed by atoms with Gasteiger partial charge in [0.25, 0.3) is 11.8 Å². The molecule has 718 valence electrons. The molecule has 139 heavy (non-hydrogen) atoms. The van der Waals surface area contributed by atoms with Crippen molar-refractivity contribution in [1.29, 1.82) is 0 Å². The number of benzene rings is 8. The van der Waals surface area contributed by atoms with Gasteiger partial charge in [-0.2, -0.15) is 0 Å². The predicted molar refractivity (Wildman–Crippen MR) is 529 cm³/mol. The molecule has 17 rings (SSSR count). The van der Waals surface area contributed by atoms with Crippen LogP contribution in [0.2, 0.25) is 0 Å². The fraction of sp³-hybridized carbons (Fsp3) is 0.214. The number of carbonyl (C=O) groups excluding carboxylic acids is 8. The zero-order valence-corrected chi connectivity index (χ0v) is 78.1. The average molecular weight is 1890 g/mol. The van der Waals surface area contributed by atoms with E-state index in [1.807, 2.05) is 188 Å². The van der Waals surface area contributed by atoms with Crippen LogP contribution in [0.1, 0.15) is 97.7 Å². The number of carbonyl (C=O) groups is 9. The number of anilines is 2. The molecule has 0 radical (unpaired) electrons. The lowest BCUT2D eigenvalue weighted by molar-refractivity contribution is -0.162. The molecule has 0 bridgehead atoms. The molecule has 0 aliphatic carbocycles. The van der Waals surface area contributed by atoms with Crippen LogP contribution in [0.25, 0.3) is 89.7 Å². The van der Waals surface area contributed by atoms with Crippen LogP contribution in [0.4, 0.5) is 11.4 Å². The molecule has 3 aliphatic heterocycles. The van der Waals surface area contributed by atoms with E-state index >= 15 is 0 Å². The van der Waals surface area contributed by atoms with E-state index in [4.69, 9.17) is 45.0 Å². The van der Waals surface area contributed by atoms with Crippen molar-refractivity contribution in [1.82, 2.24) is 75.3 Å². The van der Waals surface area contributed by atoms with Gasteiger partial charge in [0.05, 0.1) is 45.1 Å². The van der Waals surface area contributed by atoms with Crippen molar-refractivity contribution in [3.05, 3.63) is 326 Å². The van der Waals surface area contributed by atoms with Crippen LogP contribution in [-0.2, 0) is 89.3 Å². The molecular formula is C103H108N18O18. The molecular weight excluding hydrogens is 1780 g/mol. The van der Waals surface area contributed by atoms with Crippen molar-refractivity contribution in [2.45, 2.75) is 78.7 Å². The number of aldehydes is 2. The molecule has 9 heterocycles. The summed E-state index contributed by atoms with van der Waals surface area (Å²) in [5.41, 5.74) is 19.3. The SMILES string of the molecule is CC(C)(C)C(=O)OC(=O)/C=C/c1ncc2ccccc2n1.CCOC(=O)/C=C/c1ncc2ccccc2n1.COC(C=O)OC.COC(OC)C1NCc2ccccc2N1.COC(OC)c1ncc2ccccc2n1.NCc1ccccc1N.O=C(O)/C=C/c1ncc2ccccc2n1.O=C1C=CCCN1.O=C1C=CCCN1C(=O)/C=C/c1ncc2ccccc2n1.O=Cc1ncc2ccccc2n1. The highest BCUT2D eigenvalue weighted by atomic mass is 16.7. The maximum atomic E-state index is 12.0. The van der Waals surface area contributed by atoms with Gasteiger partial charge < -0.3 is 65.1 Å². The summed E-state index contributed by atoms with van der Waals surface area (Å²) in [6, 6.07) is 61.5. The van der Waals surface area contributed by atoms with Crippen LogP contribution < -0.4 is 27.4 Å². The van der Waals surface area contributed by atoms with Crippen molar-refractivity contribution < 1.29 is 86.2 Å². The van der Waals surface area contributed by atoms with E-state index < -0.39 is 35.9 Å². The third-order valence-corrected chi connectivity index (χ3v) is 19.0. The highest BCUT2D eigenvalue weighted by Crippen LogP contribution is 2.24. The monoisotopic (exact) mass is 1880 g/mol. The van der Waals surface area contributed by atoms with Gasteiger partial charge in [-0.05, 0) is 137 Å². The summed E-state index contributed by atoms with van der Waals surface area (Å²) in [5, 5.41) is 23.5. The van der Waals surface area contributed by atoms with E-state index in [1.165, 1.54) is 61.1 Å². The smallest absolute Gasteiger partial charge is 0.338 e. The number of rotatable bonds is 20. The third kappa shape index (κ3) is 37.0. The van der Waals surface area contributed by atoms with Crippen molar-refractivity contribution in [3.63, 3.8) is 0 Å². The van der Waals surface area contributed by atoms with Crippen molar-refractivity contribution in [2.75, 3.05) is 73.4 Å². The number of ether oxygens (including phenoxy) is 8. The number of hydrogen-bond donors (Lipinski definition) is 6. The molecule has 0 saturated heterocycles. The number of hydrogen-bond acceptors (Lipinski definition) is 33. The van der Waals surface area contributed by atoms with Crippen molar-refractivity contribution in [3.8, 4) is 0 Å². The van der Waals surface area contributed by atoms with Crippen LogP contribution in [0.5, 0.6) is 0 Å². The molecule has 8 aromatic carbocycles. The average Bonchev–Trinajstić information content (AvgIpc) is 0.829. The predicted octanol–water partition coefficient (Wildman–Crippen LogP) is 13.8. The van der Waals surface area contributed by atoms with Gasteiger partial charge in [0, 0.05) is 174 Å². The minimum atomic E-state index is -1.01. The Morgan fingerprint density at radius 3 is 1.30 bits per heavy atom. The van der Waals surface area contributed by atoms with E-state index in [-0.39, 0.29) is 42.0 Å². The first-order valence-corrected chi connectivity index (χ1v) is 43.2. The number of methoxy groups -OCH3 is 6. The van der Waals surface area contributed by atoms with Gasteiger partial charge in [0.2, 0.25) is 18.5 Å². The van der Waals surface area contributed by atoms with Gasteiger partial charge in [0.15, 0.2) is 53.8 Å². The molecule has 3 aliphatic rings. The van der Waals surface area contributed by atoms with Gasteiger partial charge in [0.1, 0.15) is 6.17 Å². The highest BCUT2D eigenvalue weighted by molar-refractivity contribution is 6.07. The van der Waals surface area contributed by atoms with Crippen LogP contribution in [0.3, 0.4) is 0 Å². The molecule has 1 atom stereocenters. The Labute approximate surface area is 801 Å². The second kappa shape index (κ2) is 58.6. The number of nitrogens with zero attached hydrogens (tertiary/aromatic N) is 13. The second-order valence-corrected chi connectivity index (χ2v) is 29.9. The molecule has 0 fully saturated rings. The van der Waals surface area contributed by atoms with Gasteiger partial charge in [-0.3, -0.25) is 39.0 Å². The number of para-hydroxylation sites is 8. The molecule has 6 aromatic heterocycles. The minimum Gasteiger partial charge on any atom is -0.478 e. The largest absolute Gasteiger partial charge is 0.478 e. The molecule has 14 aromatic rings. The van der Waals surface area contributed by atoms with Gasteiger partial charge in [-0.15, -0.1) is 0 Å². The maximum absolute atomic E-state index is 12.0. The van der Waals surface area contributed by atoms with E-state index in [0.29, 0.717) is 67.8 Å². The van der Waals surface area contributed by atoms with E-state index in [0.717, 1.165) is 114 Å². The number of carboxylic acids is 1. The normalized spacial score (nSPS) is 12.8. The first-order valence-electron chi connectivity index (χ1n) is 43.2. The fourth-order valence-corrected chi connectivity index (χ4v) is 11.9. The summed E-state index contributed by atoms with van der Waals surface area (Å²) in [4.78, 5) is 150. The number of fused-ring (bicyclic) bond motifs is 7. The van der Waals surface area contributed by atoms with Gasteiger partial charge in [-0.25, -0.2) is 74.2 Å². The van der Waals surface area contributed by atoms with Crippen LogP contribution in [0, 0.1) is 5.41 Å². The topological polar surface area (TPSA) is 494 Å². The Kier molecular flexibility index (Phi) is 45.5. The molecule has 36 heteroatoms. The minimum absolute atomic E-state index is 0.00472. The Morgan fingerprint density at radius 1 is 0.496 bits per heavy atom. The molecule has 1 unspecified atom stereocenters. The van der Waals surface area contributed by atoms with Crippen LogP contribution >= 0.6 is 0 Å². The standard InChI is InChI=1S/C16H13N3O2.C16H16N2O3.C13H12N2O2.C11H16N2O2.C11H12N2O2.C11H8N2O2.C9H6N2O.C7H10N2.C5H7NO.C4H8O3/c20-15-7-3-4-10-19(15)16(21)9-8-14-17-11-12-5-1-2-6-13(12)18-14;1-16(2,3)15(20)21-14(19)9-8-13-17-10-11-6-4-5-7-12(11)18-13;1-2-17-13(16)8-7-12-14-9-10-5-3-4-6-11(10)15-12;2*1-14-11(15-2)10-12-7-8-5-3-4-6-9(8)13-10;14-11(15)6-5-10-12-7-8-3-1-2-4-9(8)13-10;12-6-9-10-5-7-3-1-2-4-8(7)11-9;8-5-6-3-1-2-4-7(6)9;7-5-3-1-2-4-6-5;1-6-4(3-5)7-2/h1-3,5-9,11H,4,10H2;4-10H,1-3H3;3-9H,2H2,1H3;3-6,10-13H,7H2,1-2H3;3-7,11H,1-2H3;1-7H,(H,14,15);1-6H;1-4H,5,8-9H2;1,3H,2,4H2,(H,6,7);3-4H,1-2H3/b2*9-8+;8-7+;;;6-5+;;;;. The quantitative estimate of drug-likeness (QED) is 0.0103. The Morgan fingerprint density at radius 2 is 0.914 bits per heavy atom. The van der Waals surface area contributed by atoms with Gasteiger partial charge in [-0.1, -0.05) is 158 Å². The first kappa shape index (κ1) is 108. The molecule has 3 amide bonds. The summed E-state index contributed by atoms with van der Waals surface area (Å²) in [6.07, 6.45) is 28.9. The van der Waals surface area contributed by atoms with E-state index in [1.54, 1.807) is 112 Å². The van der Waals surface area contributed by atoms with E-state index in [2.05, 4.69) is 97.4 Å². The zero-order valence-electron chi connectivity index (χ0n) is 78.1. The number of esters is 3. The first-order chi connectivity index (χ1) is 67.3. The third-order valence-electron chi connectivity index (χ3n) is 19.0. The Balaban J connectivity index is 0.000000192. The van der Waals surface area contributed by atoms with Crippen molar-refractivity contribution in [2.24, 2.45) is 11.1 Å². The lowest BCUT2D eigenvalue weighted by Gasteiger charge is -2.32. The summed E-state index contributed by atoms with van der Waals surface area (Å²) < 4.78 is 39.0. The fourth-order valence-electron chi connectivity index (χ4n) is 11.9. The highest BCUT2D eigenvalue weighted by Gasteiger charge is 2.27. The molecule has 0 spiro atoms. The second-order valence-electron chi connectivity index (χ2n) is 29.9. The molecule has 36 nitrogen and oxygen atoms in total. The van der Waals surface area contributed by atoms with Crippen molar-refractivity contribution >= 4 is 155 Å². The lowest BCUT2D eigenvalue weighted by Crippen LogP contribution is -2.49. The number of nitrogens with two attached hydrogens (primary N) is 2. The summed E-state index contributed by atoms with van der Waals surface area (Å²) >= 11 is 0. The summed E-state index contributed by atoms with van der Waals surface area (Å²) in [7, 11) is 9.21. The number of nitrogen functional groups attached to an aromatic ring is 1. The number of aliphatic carboxylic acids is 1. The Bertz CT molecular complexity index is 6600. The number of nitrogens with one attached hydrogen (secondary N) is 3. The molecule has 8 N–H and O–H groups in total. The lowest BCUT2D eigenvalue weighted by atomic mass is 9.97. The van der Waals surface area contributed by atoms with Gasteiger partial charge >= 0.3 is 23.9 Å². The summed E-state index contributed by atoms with van der Waals surface area (Å²) in [6.45, 7) is 9.73. The number of carboxylic acid groups (broad SMARTS) is 1. The maximum Gasteiger partial charge on any atom is 0.338 e. The summed E-state index contributed by atoms with van der Waals surface area (Å²) in [5.74, 6) is -0.793. The number of amides is 3. The molecule has 0 saturated carbocycles. The number of aromatic nitrogens is 12. The van der Waals surface area contributed by atoms with Crippen LogP contribution in [-0.4, -0.2) is 205 Å². The zero-order chi connectivity index (χ0) is 100. The van der Waals surface area contributed by atoms with E-state index in [9.17, 15) is 43.2 Å². The van der Waals surface area contributed by atoms with Crippen LogP contribution in [0.15, 0.2) is 280 Å². The number of imide groups is 1.